The molecule has 2 aromatic heterocycles. The van der Waals surface area contributed by atoms with Crippen molar-refractivity contribution in [2.45, 2.75) is 45.3 Å². The van der Waals surface area contributed by atoms with Crippen molar-refractivity contribution in [2.75, 3.05) is 26.3 Å². The third-order valence-electron chi connectivity index (χ3n) is 5.11. The number of nitrogens with one attached hydrogen (secondary N) is 2. The molecule has 0 saturated carbocycles. The Balaban J connectivity index is 1.62. The summed E-state index contributed by atoms with van der Waals surface area (Å²) in [5, 5.41) is 20.3. The highest BCUT2D eigenvalue weighted by atomic mass is 32.1. The molecule has 1 fully saturated rings. The number of hydrogen-bond acceptors (Lipinski definition) is 9. The summed E-state index contributed by atoms with van der Waals surface area (Å²) in [5.74, 6) is -1.68. The van der Waals surface area contributed by atoms with Crippen molar-refractivity contribution in [3.63, 3.8) is 0 Å². The third-order valence-corrected chi connectivity index (χ3v) is 5.75. The van der Waals surface area contributed by atoms with E-state index in [1.807, 2.05) is 13.8 Å². The fourth-order valence-corrected chi connectivity index (χ4v) is 4.00. The van der Waals surface area contributed by atoms with E-state index in [1.54, 1.807) is 17.0 Å². The Morgan fingerprint density at radius 3 is 2.61 bits per heavy atom. The van der Waals surface area contributed by atoms with Gasteiger partial charge in [0.15, 0.2) is 11.5 Å². The van der Waals surface area contributed by atoms with Gasteiger partial charge in [-0.3, -0.25) is 14.5 Å². The first kappa shape index (κ1) is 24.8. The van der Waals surface area contributed by atoms with Crippen LogP contribution in [0.2, 0.25) is 0 Å². The van der Waals surface area contributed by atoms with E-state index in [0.717, 1.165) is 13.1 Å². The highest BCUT2D eigenvalue weighted by Crippen LogP contribution is 2.12. The minimum atomic E-state index is -1.17. The molecule has 2 amide bonds. The van der Waals surface area contributed by atoms with Crippen LogP contribution in [-0.2, 0) is 27.3 Å². The fraction of sp³-hybridized carbons (Fsp3) is 0.571. The van der Waals surface area contributed by atoms with Crippen LogP contribution >= 0.6 is 11.3 Å². The predicted octanol–water partition coefficient (Wildman–Crippen LogP) is 0.920. The van der Waals surface area contributed by atoms with Crippen LogP contribution in [0.15, 0.2) is 21.5 Å². The monoisotopic (exact) mass is 479 g/mol. The molecule has 2 atom stereocenters. The average molecular weight is 480 g/mol. The molecule has 0 aliphatic carbocycles. The van der Waals surface area contributed by atoms with E-state index in [4.69, 9.17) is 9.26 Å². The molecular formula is C21H29N5O6S. The number of carbonyl (C=O) groups is 3. The van der Waals surface area contributed by atoms with Crippen molar-refractivity contribution >= 4 is 29.1 Å². The fourth-order valence-electron chi connectivity index (χ4n) is 3.43. The van der Waals surface area contributed by atoms with Gasteiger partial charge in [-0.05, 0) is 12.3 Å². The van der Waals surface area contributed by atoms with Crippen LogP contribution in [0.1, 0.15) is 42.2 Å². The second kappa shape index (κ2) is 11.9. The number of nitrogens with zero attached hydrogens (tertiary/aromatic N) is 3. The maximum absolute atomic E-state index is 12.9. The maximum atomic E-state index is 12.9. The Morgan fingerprint density at radius 2 is 1.97 bits per heavy atom. The van der Waals surface area contributed by atoms with Crippen LogP contribution in [0.4, 0.5) is 0 Å². The highest BCUT2D eigenvalue weighted by molar-refractivity contribution is 7.07. The lowest BCUT2D eigenvalue weighted by molar-refractivity contribution is -0.142. The number of carboxylic acids is 1. The minimum absolute atomic E-state index is 0.0567. The average Bonchev–Trinajstić information content (AvgIpc) is 3.45. The Labute approximate surface area is 195 Å². The van der Waals surface area contributed by atoms with Gasteiger partial charge in [-0.1, -0.05) is 19.0 Å². The lowest BCUT2D eigenvalue weighted by atomic mass is 10.0. The number of rotatable bonds is 11. The minimum Gasteiger partial charge on any atom is -0.480 e. The quantitative estimate of drug-likeness (QED) is 0.428. The Hall–Kier alpha value is -2.83. The van der Waals surface area contributed by atoms with Crippen LogP contribution in [0, 0.1) is 5.92 Å². The number of hydrogen-bond donors (Lipinski definition) is 3. The number of amides is 2. The van der Waals surface area contributed by atoms with Crippen molar-refractivity contribution in [3.05, 3.63) is 34.1 Å². The van der Waals surface area contributed by atoms with Gasteiger partial charge in [0, 0.05) is 31.0 Å². The lowest BCUT2D eigenvalue weighted by Crippen LogP contribution is -2.52. The summed E-state index contributed by atoms with van der Waals surface area (Å²) < 4.78 is 10.6. The molecule has 3 heterocycles. The van der Waals surface area contributed by atoms with Gasteiger partial charge in [-0.15, -0.1) is 11.3 Å². The van der Waals surface area contributed by atoms with E-state index < -0.39 is 29.9 Å². The molecule has 1 saturated heterocycles. The summed E-state index contributed by atoms with van der Waals surface area (Å²) >= 11 is 1.35. The largest absolute Gasteiger partial charge is 0.480 e. The molecule has 0 bridgehead atoms. The zero-order valence-electron chi connectivity index (χ0n) is 18.7. The van der Waals surface area contributed by atoms with Crippen molar-refractivity contribution < 1.29 is 28.8 Å². The Morgan fingerprint density at radius 1 is 1.21 bits per heavy atom. The number of carbonyl (C=O) groups excluding carboxylic acids is 2. The van der Waals surface area contributed by atoms with Gasteiger partial charge in [0.1, 0.15) is 12.1 Å². The summed E-state index contributed by atoms with van der Waals surface area (Å²) in [6.07, 6.45) is 0.389. The van der Waals surface area contributed by atoms with E-state index in [0.29, 0.717) is 37.6 Å². The first-order valence-electron chi connectivity index (χ1n) is 10.8. The van der Waals surface area contributed by atoms with Crippen molar-refractivity contribution in [1.29, 1.82) is 0 Å². The zero-order valence-corrected chi connectivity index (χ0v) is 19.5. The van der Waals surface area contributed by atoms with Crippen molar-refractivity contribution in [3.8, 4) is 0 Å². The number of ether oxygens (including phenoxy) is 1. The highest BCUT2D eigenvalue weighted by Gasteiger charge is 2.29. The topological polar surface area (TPSA) is 147 Å². The molecule has 1 aliphatic heterocycles. The lowest BCUT2D eigenvalue weighted by Gasteiger charge is -2.25. The molecule has 0 spiro atoms. The van der Waals surface area contributed by atoms with Gasteiger partial charge < -0.3 is 25.0 Å². The molecule has 0 aromatic carbocycles. The summed E-state index contributed by atoms with van der Waals surface area (Å²) in [6, 6.07) is -0.523. The number of aromatic nitrogens is 2. The summed E-state index contributed by atoms with van der Waals surface area (Å²) in [7, 11) is 0. The van der Waals surface area contributed by atoms with Crippen LogP contribution in [0.25, 0.3) is 0 Å². The first-order chi connectivity index (χ1) is 15.8. The van der Waals surface area contributed by atoms with Gasteiger partial charge in [0.25, 0.3) is 5.91 Å². The van der Waals surface area contributed by atoms with Gasteiger partial charge in [-0.25, -0.2) is 9.78 Å². The third kappa shape index (κ3) is 7.62. The summed E-state index contributed by atoms with van der Waals surface area (Å²) in [6.45, 7) is 7.16. The first-order valence-corrected chi connectivity index (χ1v) is 11.7. The van der Waals surface area contributed by atoms with Crippen LogP contribution in [0.3, 0.4) is 0 Å². The number of carboxylic acid groups (broad SMARTS) is 1. The van der Waals surface area contributed by atoms with Crippen LogP contribution in [0.5, 0.6) is 0 Å². The smallest absolute Gasteiger partial charge is 0.326 e. The van der Waals surface area contributed by atoms with E-state index in [2.05, 4.69) is 25.7 Å². The standard InChI is InChI=1S/C21H29N5O6S/c1-13(2)7-16(19(27)24-18(21(29)30)8-14-11-33-12-22-14)23-20(28)17-9-15(32-25-17)10-26-3-5-31-6-4-26/h9,11-13,16,18H,3-8,10H2,1-2H3,(H,23,28)(H,24,27)(H,29,30)/t16-,18?/m0/s1. The molecule has 12 heteroatoms. The normalized spacial score (nSPS) is 16.3. The summed E-state index contributed by atoms with van der Waals surface area (Å²) in [4.78, 5) is 43.5. The zero-order chi connectivity index (χ0) is 23.8. The molecule has 1 unspecified atom stereocenters. The molecule has 3 rings (SSSR count). The predicted molar refractivity (Wildman–Crippen MR) is 119 cm³/mol. The second-order valence-electron chi connectivity index (χ2n) is 8.31. The number of morpholine rings is 1. The van der Waals surface area contributed by atoms with E-state index in [-0.39, 0.29) is 18.0 Å². The van der Waals surface area contributed by atoms with E-state index >= 15 is 0 Å². The molecule has 180 valence electrons. The van der Waals surface area contributed by atoms with Crippen molar-refractivity contribution in [1.82, 2.24) is 25.7 Å². The van der Waals surface area contributed by atoms with Gasteiger partial charge in [0.2, 0.25) is 5.91 Å². The maximum Gasteiger partial charge on any atom is 0.326 e. The Bertz CT molecular complexity index is 925. The van der Waals surface area contributed by atoms with Gasteiger partial charge >= 0.3 is 5.97 Å². The number of thiazole rings is 1. The molecule has 33 heavy (non-hydrogen) atoms. The Kier molecular flexibility index (Phi) is 8.92. The van der Waals surface area contributed by atoms with Crippen LogP contribution < -0.4 is 10.6 Å². The van der Waals surface area contributed by atoms with Gasteiger partial charge in [0.05, 0.1) is 31.0 Å². The molecule has 0 radical (unpaired) electrons. The molecule has 11 nitrogen and oxygen atoms in total. The van der Waals surface area contributed by atoms with Crippen LogP contribution in [-0.4, -0.2) is 76.3 Å². The van der Waals surface area contributed by atoms with E-state index in [9.17, 15) is 19.5 Å². The number of aliphatic carboxylic acids is 1. The molecular weight excluding hydrogens is 450 g/mol. The van der Waals surface area contributed by atoms with Gasteiger partial charge in [-0.2, -0.15) is 0 Å². The second-order valence-corrected chi connectivity index (χ2v) is 9.02. The SMILES string of the molecule is CC(C)C[C@H](NC(=O)c1cc(CN2CCOCC2)on1)C(=O)NC(Cc1cscn1)C(=O)O. The van der Waals surface area contributed by atoms with Crippen molar-refractivity contribution in [2.24, 2.45) is 5.92 Å². The van der Waals surface area contributed by atoms with E-state index in [1.165, 1.54) is 11.3 Å². The molecule has 1 aliphatic rings. The summed E-state index contributed by atoms with van der Waals surface area (Å²) in [5.41, 5.74) is 2.24. The molecule has 3 N–H and O–H groups in total. The molecule has 2 aromatic rings.